The largest absolute Gasteiger partial charge is 0.0622 e. The van der Waals surface area contributed by atoms with Gasteiger partial charge in [-0.15, -0.1) is 0 Å². The predicted octanol–water partition coefficient (Wildman–Crippen LogP) is 32.1. The summed E-state index contributed by atoms with van der Waals surface area (Å²) in [5, 5.41) is 21.4. The number of aryl methyl sites for hydroxylation is 8. The van der Waals surface area contributed by atoms with E-state index < -0.39 is 0 Å². The maximum atomic E-state index is 2.33. The molecule has 115 heavy (non-hydrogen) atoms. The number of hydrogen-bond acceptors (Lipinski definition) is 0. The van der Waals surface area contributed by atoms with Crippen LogP contribution in [0.25, 0.3) is 120 Å². The smallest absolute Gasteiger partial charge is 0.0158 e. The maximum Gasteiger partial charge on any atom is 0.0158 e. The van der Waals surface area contributed by atoms with Gasteiger partial charge >= 0.3 is 0 Å². The third-order valence-electron chi connectivity index (χ3n) is 24.0. The van der Waals surface area contributed by atoms with Crippen molar-refractivity contribution >= 4 is 86.2 Å². The molecular formula is C115H104. The second-order valence-corrected chi connectivity index (χ2v) is 33.2. The molecule has 22 rings (SSSR count). The van der Waals surface area contributed by atoms with Gasteiger partial charge in [0, 0.05) is 16.2 Å². The van der Waals surface area contributed by atoms with Crippen LogP contribution in [-0.2, 0) is 16.2 Å². The van der Waals surface area contributed by atoms with Crippen LogP contribution in [0.15, 0.2) is 376 Å². The van der Waals surface area contributed by atoms with Crippen molar-refractivity contribution < 1.29 is 0 Å². The lowest BCUT2D eigenvalue weighted by atomic mass is 9.82. The molecule has 0 aromatic heterocycles. The lowest BCUT2D eigenvalue weighted by molar-refractivity contribution is 0.659. The van der Waals surface area contributed by atoms with Gasteiger partial charge < -0.3 is 0 Å². The van der Waals surface area contributed by atoms with Gasteiger partial charge in [0.05, 0.1) is 0 Å². The quantitative estimate of drug-likeness (QED) is 0.133. The first-order valence-electron chi connectivity index (χ1n) is 40.8. The van der Waals surface area contributed by atoms with Gasteiger partial charge in [-0.3, -0.25) is 0 Å². The Morgan fingerprint density at radius 1 is 0.148 bits per heavy atom. The van der Waals surface area contributed by atoms with E-state index in [4.69, 9.17) is 0 Å². The van der Waals surface area contributed by atoms with Crippen LogP contribution in [0.4, 0.5) is 0 Å². The van der Waals surface area contributed by atoms with E-state index in [1.165, 1.54) is 197 Å². The minimum atomic E-state index is 0.151. The van der Waals surface area contributed by atoms with E-state index in [9.17, 15) is 0 Å². The zero-order chi connectivity index (χ0) is 80.1. The summed E-state index contributed by atoms with van der Waals surface area (Å²) in [4.78, 5) is 0. The van der Waals surface area contributed by atoms with Crippen LogP contribution in [0.3, 0.4) is 0 Å². The lowest BCUT2D eigenvalue weighted by Crippen LogP contribution is -2.14. The van der Waals surface area contributed by atoms with Crippen molar-refractivity contribution in [1.29, 1.82) is 0 Å². The van der Waals surface area contributed by atoms with Crippen LogP contribution in [0.2, 0.25) is 0 Å². The highest BCUT2D eigenvalue weighted by molar-refractivity contribution is 6.11. The first kappa shape index (κ1) is 77.6. The molecule has 0 radical (unpaired) electrons. The molecule has 19 aromatic rings. The third kappa shape index (κ3) is 15.9. The van der Waals surface area contributed by atoms with Gasteiger partial charge in [0.2, 0.25) is 0 Å². The second-order valence-electron chi connectivity index (χ2n) is 33.2. The maximum absolute atomic E-state index is 2.33. The van der Waals surface area contributed by atoms with Gasteiger partial charge in [-0.1, -0.05) is 445 Å². The topological polar surface area (TPSA) is 0 Å². The highest BCUT2D eigenvalue weighted by Crippen LogP contribution is 2.52. The van der Waals surface area contributed by atoms with E-state index >= 15 is 0 Å². The first-order valence-corrected chi connectivity index (χ1v) is 40.8. The van der Waals surface area contributed by atoms with Crippen LogP contribution in [0.1, 0.15) is 119 Å². The standard InChI is InChI=1S/3C16H16.4C15H12.C7H8/c1-11-7-6-10-14-15(11)12-8-4-5-9-13(12)16(14,2)3;1-11-8-9-15-13(10-11)12-6-4-5-7-14(12)16(15,2)3;1-11-8-9-13-12-6-4-5-7-14(12)16(2,3)15(13)10-11;1-11-10-12-6-2-3-8-14(12)15-9-5-4-7-13(11)15;1-11-5-4-8-15-13(11)10-9-12-6-2-3-7-14(12)15;1-11-6-9-15-13(10-11)8-7-12-4-2-3-5-14(12)15;1-11-6-7-13-9-8-12-4-2-3-5-14(12)15(13)10-11;1-7-5-3-2-4-6-7/h3*4-10H,1-3H3;4*2-10H,1H3;2-6H,1H3. The summed E-state index contributed by atoms with van der Waals surface area (Å²) in [7, 11) is 0. The van der Waals surface area contributed by atoms with Crippen molar-refractivity contribution in [3.05, 3.63) is 454 Å². The molecule has 0 fully saturated rings. The van der Waals surface area contributed by atoms with E-state index in [-0.39, 0.29) is 16.2 Å². The monoisotopic (exact) mass is 1480 g/mol. The van der Waals surface area contributed by atoms with Crippen molar-refractivity contribution in [2.24, 2.45) is 0 Å². The molecule has 0 spiro atoms. The Balaban J connectivity index is 0.000000104. The SMILES string of the molecule is Cc1cc2ccccc2c2ccccc12.Cc1ccc2c(c1)-c1ccccc1C2(C)C.Cc1ccc2c(c1)C(C)(C)c1ccccc1-2.Cc1ccc2c(ccc3ccccc32)c1.Cc1ccc2ccc3ccccc3c2c1.Cc1cccc2c1-c1ccccc1C2(C)C.Cc1cccc2c1ccc1ccccc12.Cc1ccccc1. The third-order valence-corrected chi connectivity index (χ3v) is 24.0. The van der Waals surface area contributed by atoms with Gasteiger partial charge in [-0.25, -0.2) is 0 Å². The van der Waals surface area contributed by atoms with Crippen LogP contribution in [0, 0.1) is 55.4 Å². The van der Waals surface area contributed by atoms with Crippen molar-refractivity contribution in [2.75, 3.05) is 0 Å². The zero-order valence-electron chi connectivity index (χ0n) is 69.3. The molecule has 0 saturated carbocycles. The summed E-state index contributed by atoms with van der Waals surface area (Å²) in [6.07, 6.45) is 0. The molecule has 0 unspecified atom stereocenters. The molecule has 0 N–H and O–H groups in total. The Morgan fingerprint density at radius 3 is 1.10 bits per heavy atom. The molecule has 19 aromatic carbocycles. The molecule has 3 aliphatic carbocycles. The Bertz CT molecular complexity index is 6700. The fourth-order valence-corrected chi connectivity index (χ4v) is 17.8. The van der Waals surface area contributed by atoms with Gasteiger partial charge in [-0.05, 0) is 225 Å². The molecular weight excluding hydrogens is 1380 g/mol. The van der Waals surface area contributed by atoms with E-state index in [2.05, 4.69) is 455 Å². The predicted molar refractivity (Wildman–Crippen MR) is 502 cm³/mol. The Hall–Kier alpha value is -12.7. The average molecular weight is 1490 g/mol. The normalized spacial score (nSPS) is 12.8. The van der Waals surface area contributed by atoms with Crippen molar-refractivity contribution in [2.45, 2.75) is 113 Å². The Labute approximate surface area is 682 Å². The molecule has 0 saturated heterocycles. The number of fused-ring (bicyclic) bond motifs is 21. The van der Waals surface area contributed by atoms with E-state index in [0.29, 0.717) is 0 Å². The number of benzene rings is 19. The molecule has 0 aliphatic heterocycles. The van der Waals surface area contributed by atoms with Gasteiger partial charge in [0.1, 0.15) is 0 Å². The highest BCUT2D eigenvalue weighted by atomic mass is 14.4. The summed E-state index contributed by atoms with van der Waals surface area (Å²) < 4.78 is 0. The molecule has 0 atom stereocenters. The van der Waals surface area contributed by atoms with Crippen LogP contribution < -0.4 is 0 Å². The van der Waals surface area contributed by atoms with Gasteiger partial charge in [0.25, 0.3) is 0 Å². The minimum Gasteiger partial charge on any atom is -0.0622 e. The van der Waals surface area contributed by atoms with Gasteiger partial charge in [0.15, 0.2) is 0 Å². The van der Waals surface area contributed by atoms with Gasteiger partial charge in [-0.2, -0.15) is 0 Å². The lowest BCUT2D eigenvalue weighted by Gasteiger charge is -2.21. The summed E-state index contributed by atoms with van der Waals surface area (Å²) in [5.41, 5.74) is 28.4. The fourth-order valence-electron chi connectivity index (χ4n) is 17.8. The summed E-state index contributed by atoms with van der Waals surface area (Å²) in [5.74, 6) is 0. The molecule has 0 bridgehead atoms. The molecule has 0 amide bonds. The molecule has 0 heteroatoms. The van der Waals surface area contributed by atoms with Crippen LogP contribution in [-0.4, -0.2) is 0 Å². The van der Waals surface area contributed by atoms with E-state index in [1.807, 2.05) is 18.2 Å². The molecule has 0 heterocycles. The molecule has 3 aliphatic rings. The second kappa shape index (κ2) is 33.1. The van der Waals surface area contributed by atoms with Crippen molar-refractivity contribution in [1.82, 2.24) is 0 Å². The van der Waals surface area contributed by atoms with Crippen LogP contribution in [0.5, 0.6) is 0 Å². The van der Waals surface area contributed by atoms with E-state index in [0.717, 1.165) is 0 Å². The Morgan fingerprint density at radius 2 is 0.478 bits per heavy atom. The molecule has 564 valence electrons. The minimum absolute atomic E-state index is 0.151. The van der Waals surface area contributed by atoms with Crippen molar-refractivity contribution in [3.8, 4) is 33.4 Å². The summed E-state index contributed by atoms with van der Waals surface area (Å²) in [6, 6.07) is 135. The average Bonchev–Trinajstić information content (AvgIpc) is 1.59. The summed E-state index contributed by atoms with van der Waals surface area (Å²) in [6.45, 7) is 31.1. The fraction of sp³-hybridized carbons (Fsp3) is 0.148. The number of rotatable bonds is 0. The highest BCUT2D eigenvalue weighted by Gasteiger charge is 2.37. The first-order chi connectivity index (χ1) is 55.6. The summed E-state index contributed by atoms with van der Waals surface area (Å²) >= 11 is 0. The van der Waals surface area contributed by atoms with Crippen LogP contribution >= 0.6 is 0 Å². The van der Waals surface area contributed by atoms with E-state index in [1.54, 1.807) is 0 Å². The molecule has 0 nitrogen and oxygen atoms in total. The van der Waals surface area contributed by atoms with Crippen molar-refractivity contribution in [3.63, 3.8) is 0 Å². The Kier molecular flexibility index (Phi) is 22.4. The zero-order valence-corrected chi connectivity index (χ0v) is 69.3. The number of hydrogen-bond donors (Lipinski definition) is 0.